The third-order valence-electron chi connectivity index (χ3n) is 21.6. The molecule has 3 heterocycles. The minimum atomic E-state index is -0.732. The molecule has 488 valence electrons. The van der Waals surface area contributed by atoms with Gasteiger partial charge >= 0.3 is 0 Å². The molecule has 18 rings (SSSR count). The van der Waals surface area contributed by atoms with E-state index < -0.39 is 22.2 Å². The minimum Gasteiger partial charge on any atom is -0.481 e. The number of benzene rings is 12. The van der Waals surface area contributed by atoms with Crippen LogP contribution in [0.5, 0.6) is 17.2 Å². The lowest BCUT2D eigenvalue weighted by atomic mass is 9.67. The van der Waals surface area contributed by atoms with E-state index in [9.17, 15) is 0 Å². The van der Waals surface area contributed by atoms with Crippen molar-refractivity contribution in [3.63, 3.8) is 0 Å². The fourth-order valence-corrected chi connectivity index (χ4v) is 17.1. The zero-order valence-electron chi connectivity index (χ0n) is 57.2. The van der Waals surface area contributed by atoms with E-state index in [2.05, 4.69) is 327 Å². The number of fused-ring (bicyclic) bond motifs is 12. The Bertz CT molecular complexity index is 5370. The van der Waals surface area contributed by atoms with Gasteiger partial charge in [0, 0.05) is 18.6 Å². The Hall–Kier alpha value is -13.1. The molecule has 6 nitrogen and oxygen atoms in total. The van der Waals surface area contributed by atoms with E-state index in [1.807, 2.05) is 39.0 Å². The summed E-state index contributed by atoms with van der Waals surface area (Å²) < 4.78 is 18.2. The first-order valence-electron chi connectivity index (χ1n) is 35.1. The van der Waals surface area contributed by atoms with Crippen molar-refractivity contribution in [3.8, 4) is 86.2 Å². The molecule has 12 aromatic carbocycles. The Kier molecular flexibility index (Phi) is 15.5. The van der Waals surface area contributed by atoms with Crippen LogP contribution in [0.25, 0.3) is 65.7 Å². The summed E-state index contributed by atoms with van der Waals surface area (Å²) in [6.07, 6.45) is 6.35. The molecule has 0 radical (unpaired) electrons. The van der Waals surface area contributed by atoms with Crippen molar-refractivity contribution in [2.75, 3.05) is 19.8 Å². The van der Waals surface area contributed by atoms with Gasteiger partial charge in [0.25, 0.3) is 0 Å². The summed E-state index contributed by atoms with van der Waals surface area (Å²) in [5.74, 6) is 19.8. The predicted octanol–water partition coefficient (Wildman–Crippen LogP) is 20.8. The molecule has 0 spiro atoms. The second kappa shape index (κ2) is 25.6. The number of hydrogen-bond acceptors (Lipinski definition) is 6. The zero-order valence-corrected chi connectivity index (χ0v) is 57.2. The lowest BCUT2D eigenvalue weighted by molar-refractivity contribution is 0.370. The highest BCUT2D eigenvalue weighted by atomic mass is 16.5. The third-order valence-corrected chi connectivity index (χ3v) is 21.6. The van der Waals surface area contributed by atoms with Crippen molar-refractivity contribution in [1.29, 1.82) is 0 Å². The van der Waals surface area contributed by atoms with E-state index in [0.717, 1.165) is 100 Å². The van der Waals surface area contributed by atoms with E-state index in [-0.39, 0.29) is 0 Å². The molecular weight excluding hydrogens is 1260 g/mol. The molecule has 3 aromatic heterocycles. The Balaban J connectivity index is 0.816. The highest BCUT2D eigenvalue weighted by molar-refractivity contribution is 5.94. The molecule has 3 aliphatic carbocycles. The Morgan fingerprint density at radius 1 is 0.262 bits per heavy atom. The maximum Gasteiger partial charge on any atom is 0.149 e. The fraction of sp³-hybridized carbons (Fsp3) is 0.103. The smallest absolute Gasteiger partial charge is 0.149 e. The first-order chi connectivity index (χ1) is 50.9. The Labute approximate surface area is 600 Å². The van der Waals surface area contributed by atoms with Crippen LogP contribution in [0.2, 0.25) is 0 Å². The van der Waals surface area contributed by atoms with E-state index in [0.29, 0.717) is 19.8 Å². The molecule has 0 saturated carbocycles. The molecule has 0 N–H and O–H groups in total. The molecule has 0 unspecified atom stereocenters. The van der Waals surface area contributed by atoms with Crippen molar-refractivity contribution >= 4 is 32.3 Å². The number of rotatable bonds is 15. The first-order valence-corrected chi connectivity index (χ1v) is 35.1. The van der Waals surface area contributed by atoms with Gasteiger partial charge in [-0.3, -0.25) is 15.0 Å². The summed E-state index contributed by atoms with van der Waals surface area (Å²) in [5.41, 5.74) is 21.2. The second-order valence-electron chi connectivity index (χ2n) is 26.7. The highest BCUT2D eigenvalue weighted by Gasteiger charge is 2.50. The van der Waals surface area contributed by atoms with Crippen molar-refractivity contribution in [2.24, 2.45) is 0 Å². The topological polar surface area (TPSA) is 66.4 Å². The van der Waals surface area contributed by atoms with E-state index in [4.69, 9.17) is 29.2 Å². The zero-order chi connectivity index (χ0) is 69.1. The maximum atomic E-state index is 6.07. The predicted molar refractivity (Wildman–Crippen MR) is 415 cm³/mol. The van der Waals surface area contributed by atoms with Gasteiger partial charge in [-0.2, -0.15) is 0 Å². The van der Waals surface area contributed by atoms with Gasteiger partial charge in [0.2, 0.25) is 0 Å². The SMILES string of the molecule is CC#CCOc1ccc2cc(C3(c4ccc(C(c5ccc(C6(c7ccc8cc(OCC#CC)ccc8c7)c7ccccc7-c7ccccc76)cn5)c5ccc(C6(c7ccc8cc(OCC#CC)ccc8c7)c7ccccc7-c7ccccc76)cn5)nc4)c4ccccc4-c4ccccc43)ccc2c1. The summed E-state index contributed by atoms with van der Waals surface area (Å²) in [5, 5.41) is 6.57. The molecule has 0 bridgehead atoms. The van der Waals surface area contributed by atoms with Gasteiger partial charge in [0.1, 0.15) is 37.1 Å². The summed E-state index contributed by atoms with van der Waals surface area (Å²) in [6.45, 7) is 6.49. The average Bonchev–Trinajstić information content (AvgIpc) is 1.58. The van der Waals surface area contributed by atoms with E-state index in [1.165, 1.54) is 66.8 Å². The van der Waals surface area contributed by atoms with Crippen LogP contribution < -0.4 is 14.2 Å². The molecular formula is C97H67N3O3. The molecule has 0 aliphatic heterocycles. The maximum absolute atomic E-state index is 6.07. The monoisotopic (exact) mass is 1320 g/mol. The van der Waals surface area contributed by atoms with Crippen LogP contribution in [0.15, 0.2) is 310 Å². The van der Waals surface area contributed by atoms with Gasteiger partial charge in [0.05, 0.1) is 39.2 Å². The summed E-state index contributed by atoms with van der Waals surface area (Å²) >= 11 is 0. The van der Waals surface area contributed by atoms with Crippen molar-refractivity contribution in [3.05, 3.63) is 394 Å². The third kappa shape index (κ3) is 9.95. The van der Waals surface area contributed by atoms with Crippen molar-refractivity contribution in [2.45, 2.75) is 42.9 Å². The van der Waals surface area contributed by atoms with Crippen LogP contribution in [0.4, 0.5) is 0 Å². The van der Waals surface area contributed by atoms with E-state index in [1.54, 1.807) is 0 Å². The van der Waals surface area contributed by atoms with Gasteiger partial charge in [-0.05, 0) is 226 Å². The molecule has 0 fully saturated rings. The van der Waals surface area contributed by atoms with Crippen LogP contribution in [-0.2, 0) is 16.2 Å². The van der Waals surface area contributed by atoms with Crippen molar-refractivity contribution < 1.29 is 14.2 Å². The van der Waals surface area contributed by atoms with Crippen LogP contribution in [0.1, 0.15) is 111 Å². The van der Waals surface area contributed by atoms with Gasteiger partial charge in [-0.25, -0.2) is 0 Å². The fourth-order valence-electron chi connectivity index (χ4n) is 17.1. The Morgan fingerprint density at radius 2 is 0.495 bits per heavy atom. The molecule has 0 atom stereocenters. The number of aromatic nitrogens is 3. The molecule has 0 amide bonds. The number of hydrogen-bond donors (Lipinski definition) is 0. The van der Waals surface area contributed by atoms with Gasteiger partial charge in [-0.15, -0.1) is 17.8 Å². The molecule has 6 heteroatoms. The largest absolute Gasteiger partial charge is 0.481 e. The Morgan fingerprint density at radius 3 is 0.738 bits per heavy atom. The van der Waals surface area contributed by atoms with Crippen molar-refractivity contribution in [1.82, 2.24) is 15.0 Å². The average molecular weight is 1320 g/mol. The quantitative estimate of drug-likeness (QED) is 0.0953. The molecule has 0 saturated heterocycles. The number of nitrogens with zero attached hydrogens (tertiary/aromatic N) is 3. The second-order valence-corrected chi connectivity index (χ2v) is 26.7. The van der Waals surface area contributed by atoms with Crippen LogP contribution in [0.3, 0.4) is 0 Å². The highest BCUT2D eigenvalue weighted by Crippen LogP contribution is 2.60. The van der Waals surface area contributed by atoms with Gasteiger partial charge < -0.3 is 14.2 Å². The van der Waals surface area contributed by atoms with Crippen LogP contribution in [-0.4, -0.2) is 34.8 Å². The lowest BCUT2D eigenvalue weighted by Gasteiger charge is -2.34. The molecule has 15 aromatic rings. The van der Waals surface area contributed by atoms with Gasteiger partial charge in [0.15, 0.2) is 0 Å². The summed E-state index contributed by atoms with van der Waals surface area (Å²) in [6, 6.07) is 106. The first kappa shape index (κ1) is 62.2. The minimum absolute atomic E-state index is 0.333. The number of pyridine rings is 3. The van der Waals surface area contributed by atoms with Crippen LogP contribution in [0, 0.1) is 35.5 Å². The summed E-state index contributed by atoms with van der Waals surface area (Å²) in [7, 11) is 0. The molecule has 103 heavy (non-hydrogen) atoms. The van der Waals surface area contributed by atoms with E-state index >= 15 is 0 Å². The lowest BCUT2D eigenvalue weighted by Crippen LogP contribution is -2.29. The number of ether oxygens (including phenoxy) is 3. The molecule has 3 aliphatic rings. The van der Waals surface area contributed by atoms with Gasteiger partial charge in [-0.1, -0.05) is 236 Å². The van der Waals surface area contributed by atoms with Crippen LogP contribution >= 0.6 is 0 Å². The normalized spacial score (nSPS) is 13.4. The summed E-state index contributed by atoms with van der Waals surface area (Å²) in [4.78, 5) is 17.1. The standard InChI is InChI=1S/C97H67N3O3/c1-4-7-52-101-76-46-37-64-55-70(40-34-67(64)58-76)95(85-28-16-10-22-79(85)80-23-11-17-29-86(80)95)73-43-49-91(98-61-73)94(92-50-44-74(62-99-92)96(87-30-18-12-24-81(87)82-25-13-19-31-88(82)96)71-41-35-68-59-77(102-53-8-5-2)47-38-65(68)56-71)93-51-45-75(63-100-93)97(89-32-20-14-26-83(89)84-27-15-21-33-90(84)97)72-42-36-69-60-78(103-54-9-6-3)48-39-66(69)57-72/h10-51,55-63,94H,52-54H2,1-3H3.